The molecule has 0 unspecified atom stereocenters. The summed E-state index contributed by atoms with van der Waals surface area (Å²) >= 11 is 0. The summed E-state index contributed by atoms with van der Waals surface area (Å²) in [6.07, 6.45) is 0. The van der Waals surface area contributed by atoms with Gasteiger partial charge in [-0.2, -0.15) is 5.11 Å². The van der Waals surface area contributed by atoms with E-state index < -0.39 is 23.2 Å². The minimum atomic E-state index is -1.72. The van der Waals surface area contributed by atoms with Crippen LogP contribution in [0, 0.1) is 0 Å². The predicted molar refractivity (Wildman–Crippen MR) is 79.6 cm³/mol. The Morgan fingerprint density at radius 3 is 1.91 bits per heavy atom. The van der Waals surface area contributed by atoms with Crippen molar-refractivity contribution in [3.63, 3.8) is 0 Å². The number of aliphatic carboxylic acids is 1. The number of carbonyl (C=O) groups is 2. The molecule has 0 saturated carbocycles. The summed E-state index contributed by atoms with van der Waals surface area (Å²) in [5.41, 5.74) is 0.0840. The lowest BCUT2D eigenvalue weighted by Crippen LogP contribution is -2.15. The molecule has 110 valence electrons. The van der Waals surface area contributed by atoms with Crippen molar-refractivity contribution in [2.24, 2.45) is 10.2 Å². The van der Waals surface area contributed by atoms with Crippen LogP contribution in [0.25, 0.3) is 5.76 Å². The average molecular weight is 296 g/mol. The molecular formula is C16H12N2O4. The minimum Gasteiger partial charge on any atom is -0.505 e. The van der Waals surface area contributed by atoms with Crippen molar-refractivity contribution in [2.45, 2.75) is 0 Å². The van der Waals surface area contributed by atoms with Crippen LogP contribution in [0.15, 0.2) is 76.6 Å². The van der Waals surface area contributed by atoms with Gasteiger partial charge >= 0.3 is 5.97 Å². The van der Waals surface area contributed by atoms with E-state index in [1.165, 1.54) is 12.1 Å². The number of Topliss-reactive ketones (excluding diaryl/α,β-unsaturated/α-hetero) is 1. The van der Waals surface area contributed by atoms with E-state index in [0.717, 1.165) is 0 Å². The van der Waals surface area contributed by atoms with Gasteiger partial charge in [0.25, 0.3) is 5.78 Å². The molecule has 0 amide bonds. The van der Waals surface area contributed by atoms with Crippen molar-refractivity contribution >= 4 is 23.2 Å². The monoisotopic (exact) mass is 296 g/mol. The SMILES string of the molecule is O=C(O)C(=O)/C(N=Nc1ccccc1)=C(/O)c1ccccc1. The lowest BCUT2D eigenvalue weighted by Gasteiger charge is -2.03. The molecule has 0 saturated heterocycles. The first-order chi connectivity index (χ1) is 10.6. The van der Waals surface area contributed by atoms with Crippen LogP contribution in [0.5, 0.6) is 0 Å². The van der Waals surface area contributed by atoms with Gasteiger partial charge in [-0.25, -0.2) is 4.79 Å². The fourth-order valence-electron chi connectivity index (χ4n) is 1.64. The van der Waals surface area contributed by atoms with Gasteiger partial charge in [0.1, 0.15) is 0 Å². The smallest absolute Gasteiger partial charge is 0.379 e. The Labute approximate surface area is 126 Å². The average Bonchev–Trinajstić information content (AvgIpc) is 2.56. The van der Waals surface area contributed by atoms with Gasteiger partial charge in [0.2, 0.25) is 0 Å². The summed E-state index contributed by atoms with van der Waals surface area (Å²) in [5.74, 6) is -3.58. The zero-order valence-corrected chi connectivity index (χ0v) is 11.4. The highest BCUT2D eigenvalue weighted by atomic mass is 16.4. The van der Waals surface area contributed by atoms with E-state index >= 15 is 0 Å². The van der Waals surface area contributed by atoms with Crippen LogP contribution >= 0.6 is 0 Å². The summed E-state index contributed by atoms with van der Waals surface area (Å²) in [5, 5.41) is 26.4. The molecule has 0 aliphatic rings. The number of aliphatic hydroxyl groups is 1. The first-order valence-corrected chi connectivity index (χ1v) is 6.32. The first-order valence-electron chi connectivity index (χ1n) is 6.32. The van der Waals surface area contributed by atoms with E-state index in [0.29, 0.717) is 5.69 Å². The van der Waals surface area contributed by atoms with E-state index in [9.17, 15) is 14.7 Å². The molecule has 6 heteroatoms. The van der Waals surface area contributed by atoms with Crippen molar-refractivity contribution < 1.29 is 19.8 Å². The summed E-state index contributed by atoms with van der Waals surface area (Å²) in [7, 11) is 0. The maximum Gasteiger partial charge on any atom is 0.379 e. The number of aliphatic hydroxyl groups excluding tert-OH is 1. The van der Waals surface area contributed by atoms with Gasteiger partial charge in [0.05, 0.1) is 5.69 Å². The van der Waals surface area contributed by atoms with Gasteiger partial charge in [-0.1, -0.05) is 48.5 Å². The highest BCUT2D eigenvalue weighted by Crippen LogP contribution is 2.20. The molecule has 0 atom stereocenters. The molecule has 0 aliphatic carbocycles. The van der Waals surface area contributed by atoms with Crippen LogP contribution in [0.2, 0.25) is 0 Å². The Bertz CT molecular complexity index is 737. The lowest BCUT2D eigenvalue weighted by molar-refractivity contribution is -0.147. The molecule has 2 aromatic rings. The number of carbonyl (C=O) groups excluding carboxylic acids is 1. The first kappa shape index (κ1) is 15.1. The van der Waals surface area contributed by atoms with Crippen molar-refractivity contribution in [3.8, 4) is 0 Å². The minimum absolute atomic E-state index is 0.277. The van der Waals surface area contributed by atoms with Crippen LogP contribution in [0.4, 0.5) is 5.69 Å². The lowest BCUT2D eigenvalue weighted by atomic mass is 10.1. The molecule has 2 rings (SSSR count). The number of hydrogen-bond donors (Lipinski definition) is 2. The molecule has 6 nitrogen and oxygen atoms in total. The second-order valence-electron chi connectivity index (χ2n) is 4.23. The number of azo groups is 1. The maximum atomic E-state index is 11.7. The zero-order valence-electron chi connectivity index (χ0n) is 11.4. The predicted octanol–water partition coefficient (Wildman–Crippen LogP) is 3.35. The Hall–Kier alpha value is -3.28. The van der Waals surface area contributed by atoms with E-state index in [4.69, 9.17) is 5.11 Å². The van der Waals surface area contributed by atoms with Crippen LogP contribution < -0.4 is 0 Å². The second-order valence-corrected chi connectivity index (χ2v) is 4.23. The number of rotatable bonds is 5. The molecule has 0 fully saturated rings. The standard InChI is InChI=1S/C16H12N2O4/c19-14(11-7-3-1-4-8-11)13(15(20)16(21)22)18-17-12-9-5-2-6-10-12/h1-10,19H,(H,21,22)/b14-13-,18-17?. The molecule has 0 heterocycles. The van der Waals surface area contributed by atoms with Crippen molar-refractivity contribution in [1.82, 2.24) is 0 Å². The number of hydrogen-bond acceptors (Lipinski definition) is 5. The summed E-state index contributed by atoms with van der Waals surface area (Å²) in [6, 6.07) is 16.5. The van der Waals surface area contributed by atoms with E-state index in [-0.39, 0.29) is 5.56 Å². The zero-order chi connectivity index (χ0) is 15.9. The Morgan fingerprint density at radius 2 is 1.36 bits per heavy atom. The summed E-state index contributed by atoms with van der Waals surface area (Å²) < 4.78 is 0. The molecule has 0 aliphatic heterocycles. The topological polar surface area (TPSA) is 99.3 Å². The molecule has 0 bridgehead atoms. The van der Waals surface area contributed by atoms with Gasteiger partial charge < -0.3 is 10.2 Å². The Balaban J connectivity index is 2.46. The molecule has 0 radical (unpaired) electrons. The molecule has 22 heavy (non-hydrogen) atoms. The summed E-state index contributed by atoms with van der Waals surface area (Å²) in [4.78, 5) is 22.6. The molecule has 2 aromatic carbocycles. The number of nitrogens with zero attached hydrogens (tertiary/aromatic N) is 2. The van der Waals surface area contributed by atoms with E-state index in [2.05, 4.69) is 10.2 Å². The van der Waals surface area contributed by atoms with Crippen molar-refractivity contribution in [3.05, 3.63) is 71.9 Å². The largest absolute Gasteiger partial charge is 0.505 e. The summed E-state index contributed by atoms with van der Waals surface area (Å²) in [6.45, 7) is 0. The number of carboxylic acids is 1. The van der Waals surface area contributed by atoms with E-state index in [1.54, 1.807) is 48.5 Å². The van der Waals surface area contributed by atoms with Gasteiger partial charge in [0, 0.05) is 5.56 Å². The highest BCUT2D eigenvalue weighted by molar-refractivity contribution is 6.40. The van der Waals surface area contributed by atoms with E-state index in [1.807, 2.05) is 0 Å². The van der Waals surface area contributed by atoms with Crippen molar-refractivity contribution in [2.75, 3.05) is 0 Å². The number of benzene rings is 2. The maximum absolute atomic E-state index is 11.7. The fourth-order valence-corrected chi connectivity index (χ4v) is 1.64. The Kier molecular flexibility index (Phi) is 4.77. The quantitative estimate of drug-likeness (QED) is 0.382. The van der Waals surface area contributed by atoms with Crippen molar-refractivity contribution in [1.29, 1.82) is 0 Å². The third-order valence-corrected chi connectivity index (χ3v) is 2.70. The van der Waals surface area contributed by atoms with Gasteiger partial charge in [0.15, 0.2) is 11.5 Å². The molecule has 0 spiro atoms. The Morgan fingerprint density at radius 1 is 0.818 bits per heavy atom. The van der Waals surface area contributed by atoms with Gasteiger partial charge in [-0.15, -0.1) is 5.11 Å². The van der Waals surface area contributed by atoms with Gasteiger partial charge in [-0.3, -0.25) is 4.79 Å². The van der Waals surface area contributed by atoms with Gasteiger partial charge in [-0.05, 0) is 12.1 Å². The number of carboxylic acid groups (broad SMARTS) is 1. The fraction of sp³-hybridized carbons (Fsp3) is 0. The highest BCUT2D eigenvalue weighted by Gasteiger charge is 2.23. The third kappa shape index (κ3) is 3.63. The van der Waals surface area contributed by atoms with Crippen LogP contribution in [-0.4, -0.2) is 22.0 Å². The van der Waals surface area contributed by atoms with Crippen LogP contribution in [-0.2, 0) is 9.59 Å². The molecular weight excluding hydrogens is 284 g/mol. The normalized spacial score (nSPS) is 12.0. The second kappa shape index (κ2) is 6.94. The third-order valence-electron chi connectivity index (χ3n) is 2.70. The molecule has 2 N–H and O–H groups in total. The van der Waals surface area contributed by atoms with Crippen LogP contribution in [0.3, 0.4) is 0 Å². The molecule has 0 aromatic heterocycles. The number of ketones is 1. The van der Waals surface area contributed by atoms with Crippen LogP contribution in [0.1, 0.15) is 5.56 Å².